The van der Waals surface area contributed by atoms with Gasteiger partial charge in [-0.05, 0) is 38.7 Å². The molecule has 114 valence electrons. The predicted molar refractivity (Wildman–Crippen MR) is 86.9 cm³/mol. The largest absolute Gasteiger partial charge is 0.373 e. The van der Waals surface area contributed by atoms with Crippen molar-refractivity contribution in [1.29, 1.82) is 5.41 Å². The normalized spacial score (nSPS) is 14.4. The first-order valence-corrected chi connectivity index (χ1v) is 7.59. The van der Waals surface area contributed by atoms with Crippen LogP contribution in [0.1, 0.15) is 49.0 Å². The highest BCUT2D eigenvalue weighted by atomic mass is 16.1. The molecule has 0 aliphatic heterocycles. The summed E-state index contributed by atoms with van der Waals surface area (Å²) in [5.41, 5.74) is 1.66. The Kier molecular flexibility index (Phi) is 4.94. The zero-order valence-electron chi connectivity index (χ0n) is 13.1. The first-order valence-electron chi connectivity index (χ1n) is 7.59. The summed E-state index contributed by atoms with van der Waals surface area (Å²) in [5.74, 6) is 2.11. The second-order valence-corrected chi connectivity index (χ2v) is 5.63. The molecule has 2 rings (SSSR count). The van der Waals surface area contributed by atoms with Gasteiger partial charge in [0.25, 0.3) is 0 Å². The fourth-order valence-corrected chi connectivity index (χ4v) is 2.69. The molecule has 5 nitrogen and oxygen atoms in total. The molecular weight excluding hydrogens is 264 g/mol. The predicted octanol–water partition coefficient (Wildman–Crippen LogP) is 2.95. The fraction of sp³-hybridized carbons (Fsp3) is 0.562. The van der Waals surface area contributed by atoms with Crippen LogP contribution in [-0.4, -0.2) is 37.1 Å². The van der Waals surface area contributed by atoms with Gasteiger partial charge in [-0.2, -0.15) is 0 Å². The Hall–Kier alpha value is -1.91. The molecule has 1 aliphatic carbocycles. The highest BCUT2D eigenvalue weighted by Crippen LogP contribution is 2.30. The highest BCUT2D eigenvalue weighted by Gasteiger charge is 2.23. The SMILES string of the molecule is CCN(CC1CCC1)c1nc(NC)c(C(C)=N)cc1C=O. The van der Waals surface area contributed by atoms with Gasteiger partial charge in [0.05, 0.1) is 5.56 Å². The molecule has 0 spiro atoms. The maximum absolute atomic E-state index is 11.4. The molecule has 1 aromatic rings. The van der Waals surface area contributed by atoms with Gasteiger partial charge in [-0.15, -0.1) is 0 Å². The summed E-state index contributed by atoms with van der Waals surface area (Å²) < 4.78 is 0. The van der Waals surface area contributed by atoms with Gasteiger partial charge in [-0.1, -0.05) is 6.42 Å². The lowest BCUT2D eigenvalue weighted by Gasteiger charge is -2.33. The number of pyridine rings is 1. The van der Waals surface area contributed by atoms with Crippen molar-refractivity contribution in [3.05, 3.63) is 17.2 Å². The number of carbonyl (C=O) groups excluding carboxylic acids is 1. The van der Waals surface area contributed by atoms with Gasteiger partial charge in [0, 0.05) is 31.4 Å². The van der Waals surface area contributed by atoms with Gasteiger partial charge in [0.2, 0.25) is 0 Å². The summed E-state index contributed by atoms with van der Waals surface area (Å²) in [6.45, 7) is 5.58. The number of hydrogen-bond donors (Lipinski definition) is 2. The van der Waals surface area contributed by atoms with Gasteiger partial charge < -0.3 is 15.6 Å². The third-order valence-corrected chi connectivity index (χ3v) is 4.18. The van der Waals surface area contributed by atoms with Crippen molar-refractivity contribution >= 4 is 23.6 Å². The number of aromatic nitrogens is 1. The summed E-state index contributed by atoms with van der Waals surface area (Å²) in [6.07, 6.45) is 4.69. The monoisotopic (exact) mass is 288 g/mol. The Morgan fingerprint density at radius 1 is 1.57 bits per heavy atom. The molecule has 1 saturated carbocycles. The minimum Gasteiger partial charge on any atom is -0.373 e. The molecule has 1 aliphatic rings. The average molecular weight is 288 g/mol. The molecule has 5 heteroatoms. The Morgan fingerprint density at radius 3 is 2.71 bits per heavy atom. The van der Waals surface area contributed by atoms with E-state index in [1.54, 1.807) is 20.0 Å². The zero-order valence-corrected chi connectivity index (χ0v) is 13.1. The van der Waals surface area contributed by atoms with Crippen LogP contribution in [0.3, 0.4) is 0 Å². The van der Waals surface area contributed by atoms with Crippen LogP contribution in [0.4, 0.5) is 11.6 Å². The topological polar surface area (TPSA) is 69.1 Å². The van der Waals surface area contributed by atoms with E-state index in [-0.39, 0.29) is 0 Å². The van der Waals surface area contributed by atoms with Crippen molar-refractivity contribution in [2.45, 2.75) is 33.1 Å². The standard InChI is InChI=1S/C16H24N4O/c1-4-20(9-12-6-5-7-12)16-13(10-21)8-14(11(2)17)15(18-3)19-16/h8,10,12,17H,4-7,9H2,1-3H3,(H,18,19). The zero-order chi connectivity index (χ0) is 15.4. The van der Waals surface area contributed by atoms with Crippen LogP contribution in [0.25, 0.3) is 0 Å². The van der Waals surface area contributed by atoms with Crippen molar-refractivity contribution < 1.29 is 4.79 Å². The Labute approximate surface area is 126 Å². The molecule has 0 saturated heterocycles. The fourth-order valence-electron chi connectivity index (χ4n) is 2.69. The summed E-state index contributed by atoms with van der Waals surface area (Å²) in [6, 6.07) is 1.77. The number of nitrogens with one attached hydrogen (secondary N) is 2. The van der Waals surface area contributed by atoms with Gasteiger partial charge in [0.15, 0.2) is 6.29 Å². The van der Waals surface area contributed by atoms with Gasteiger partial charge >= 0.3 is 0 Å². The number of aldehydes is 1. The molecule has 0 aromatic carbocycles. The number of rotatable bonds is 7. The Balaban J connectivity index is 2.39. The van der Waals surface area contributed by atoms with Crippen LogP contribution in [0.15, 0.2) is 6.07 Å². The van der Waals surface area contributed by atoms with Crippen LogP contribution in [0.2, 0.25) is 0 Å². The maximum Gasteiger partial charge on any atom is 0.153 e. The van der Waals surface area contributed by atoms with Crippen LogP contribution >= 0.6 is 0 Å². The van der Waals surface area contributed by atoms with Crippen molar-refractivity contribution in [3.8, 4) is 0 Å². The Bertz CT molecular complexity index is 537. The van der Waals surface area contributed by atoms with Crippen molar-refractivity contribution in [2.75, 3.05) is 30.4 Å². The van der Waals surface area contributed by atoms with E-state index in [0.29, 0.717) is 28.6 Å². The molecule has 21 heavy (non-hydrogen) atoms. The van der Waals surface area contributed by atoms with Gasteiger partial charge in [-0.25, -0.2) is 4.98 Å². The maximum atomic E-state index is 11.4. The van der Waals surface area contributed by atoms with E-state index in [9.17, 15) is 4.79 Å². The number of carbonyl (C=O) groups is 1. The second kappa shape index (κ2) is 6.70. The molecule has 0 unspecified atom stereocenters. The van der Waals surface area contributed by atoms with E-state index in [1.165, 1.54) is 19.3 Å². The van der Waals surface area contributed by atoms with E-state index < -0.39 is 0 Å². The van der Waals surface area contributed by atoms with Crippen molar-refractivity contribution in [3.63, 3.8) is 0 Å². The van der Waals surface area contributed by atoms with Crippen LogP contribution in [-0.2, 0) is 0 Å². The second-order valence-electron chi connectivity index (χ2n) is 5.63. The minimum atomic E-state index is 0.406. The minimum absolute atomic E-state index is 0.406. The summed E-state index contributed by atoms with van der Waals surface area (Å²) in [4.78, 5) is 18.2. The third kappa shape index (κ3) is 3.23. The lowest BCUT2D eigenvalue weighted by molar-refractivity contribution is 0.112. The van der Waals surface area contributed by atoms with Gasteiger partial charge in [0.1, 0.15) is 11.6 Å². The highest BCUT2D eigenvalue weighted by molar-refractivity contribution is 6.02. The smallest absolute Gasteiger partial charge is 0.153 e. The average Bonchev–Trinajstić information content (AvgIpc) is 2.45. The first kappa shape index (κ1) is 15.5. The molecule has 2 N–H and O–H groups in total. The molecule has 1 heterocycles. The molecule has 0 bridgehead atoms. The van der Waals surface area contributed by atoms with E-state index >= 15 is 0 Å². The van der Waals surface area contributed by atoms with E-state index in [2.05, 4.69) is 22.1 Å². The lowest BCUT2D eigenvalue weighted by atomic mass is 9.85. The van der Waals surface area contributed by atoms with Crippen molar-refractivity contribution in [2.24, 2.45) is 5.92 Å². The number of hydrogen-bond acceptors (Lipinski definition) is 5. The molecular formula is C16H24N4O. The van der Waals surface area contributed by atoms with Crippen LogP contribution in [0, 0.1) is 11.3 Å². The number of anilines is 2. The Morgan fingerprint density at radius 2 is 2.29 bits per heavy atom. The number of nitrogens with zero attached hydrogens (tertiary/aromatic N) is 2. The summed E-state index contributed by atoms with van der Waals surface area (Å²) in [5, 5.41) is 10.9. The van der Waals surface area contributed by atoms with E-state index in [1.807, 2.05) is 0 Å². The summed E-state index contributed by atoms with van der Waals surface area (Å²) >= 11 is 0. The first-order chi connectivity index (χ1) is 10.1. The lowest BCUT2D eigenvalue weighted by Crippen LogP contribution is -2.34. The van der Waals surface area contributed by atoms with E-state index in [4.69, 9.17) is 5.41 Å². The van der Waals surface area contributed by atoms with E-state index in [0.717, 1.165) is 25.2 Å². The quantitative estimate of drug-likeness (QED) is 0.598. The summed E-state index contributed by atoms with van der Waals surface area (Å²) in [7, 11) is 1.79. The van der Waals surface area contributed by atoms with Crippen LogP contribution < -0.4 is 10.2 Å². The molecule has 0 radical (unpaired) electrons. The van der Waals surface area contributed by atoms with Crippen LogP contribution in [0.5, 0.6) is 0 Å². The third-order valence-electron chi connectivity index (χ3n) is 4.18. The molecule has 1 aromatic heterocycles. The molecule has 0 amide bonds. The molecule has 1 fully saturated rings. The molecule has 0 atom stereocenters. The van der Waals surface area contributed by atoms with Crippen molar-refractivity contribution in [1.82, 2.24) is 4.98 Å². The van der Waals surface area contributed by atoms with Gasteiger partial charge in [-0.3, -0.25) is 4.79 Å².